The van der Waals surface area contributed by atoms with E-state index >= 15 is 0 Å². The van der Waals surface area contributed by atoms with Gasteiger partial charge in [-0.25, -0.2) is 0 Å². The zero-order chi connectivity index (χ0) is 16.3. The van der Waals surface area contributed by atoms with Crippen LogP contribution in [0.2, 0.25) is 0 Å². The Labute approximate surface area is 139 Å². The molecule has 2 aromatic carbocycles. The van der Waals surface area contributed by atoms with Gasteiger partial charge in [-0.05, 0) is 43.7 Å². The summed E-state index contributed by atoms with van der Waals surface area (Å²) < 4.78 is 0. The third-order valence-electron chi connectivity index (χ3n) is 4.16. The molecule has 0 saturated carbocycles. The molecular weight excluding hydrogens is 282 g/mol. The zero-order valence-corrected chi connectivity index (χ0v) is 14.0. The molecule has 1 atom stereocenters. The van der Waals surface area contributed by atoms with E-state index in [4.69, 9.17) is 0 Å². The van der Waals surface area contributed by atoms with Crippen molar-refractivity contribution in [2.24, 2.45) is 5.92 Å². The van der Waals surface area contributed by atoms with Gasteiger partial charge in [-0.1, -0.05) is 67.1 Å². The van der Waals surface area contributed by atoms with Gasteiger partial charge in [0, 0.05) is 12.5 Å². The Bertz CT molecular complexity index is 565. The Balaban J connectivity index is 1.83. The minimum absolute atomic E-state index is 0.0770. The van der Waals surface area contributed by atoms with Crippen molar-refractivity contribution in [3.05, 3.63) is 71.8 Å². The number of hydrogen-bond donors (Lipinski definition) is 1. The van der Waals surface area contributed by atoms with Gasteiger partial charge in [0.05, 0.1) is 0 Å². The van der Waals surface area contributed by atoms with Gasteiger partial charge >= 0.3 is 0 Å². The number of benzene rings is 2. The average molecular weight is 309 g/mol. The van der Waals surface area contributed by atoms with E-state index in [1.165, 1.54) is 11.1 Å². The highest BCUT2D eigenvalue weighted by Crippen LogP contribution is 2.17. The number of aryl methyl sites for hydroxylation is 1. The van der Waals surface area contributed by atoms with Crippen LogP contribution in [0, 0.1) is 5.92 Å². The molecule has 122 valence electrons. The van der Waals surface area contributed by atoms with Gasteiger partial charge in [0.15, 0.2) is 0 Å². The molecule has 0 fully saturated rings. The van der Waals surface area contributed by atoms with Gasteiger partial charge < -0.3 is 5.32 Å². The van der Waals surface area contributed by atoms with Gasteiger partial charge in [-0.2, -0.15) is 0 Å². The van der Waals surface area contributed by atoms with Crippen LogP contribution in [0.4, 0.5) is 0 Å². The van der Waals surface area contributed by atoms with Crippen LogP contribution < -0.4 is 5.32 Å². The molecule has 0 heterocycles. The number of amides is 1. The lowest BCUT2D eigenvalue weighted by molar-refractivity contribution is -0.125. The third kappa shape index (κ3) is 6.27. The van der Waals surface area contributed by atoms with Crippen LogP contribution in [0.15, 0.2) is 60.7 Å². The third-order valence-corrected chi connectivity index (χ3v) is 4.16. The van der Waals surface area contributed by atoms with Gasteiger partial charge in [-0.15, -0.1) is 0 Å². The first-order valence-electron chi connectivity index (χ1n) is 8.65. The van der Waals surface area contributed by atoms with Gasteiger partial charge in [0.25, 0.3) is 0 Å². The molecule has 1 amide bonds. The van der Waals surface area contributed by atoms with Crippen molar-refractivity contribution in [3.63, 3.8) is 0 Å². The lowest BCUT2D eigenvalue weighted by atomic mass is 9.92. The first-order valence-corrected chi connectivity index (χ1v) is 8.65. The monoisotopic (exact) mass is 309 g/mol. The Morgan fingerprint density at radius 3 is 2.13 bits per heavy atom. The minimum atomic E-state index is 0.0770. The molecule has 0 aromatic heterocycles. The normalized spacial score (nSPS) is 11.9. The fraction of sp³-hybridized carbons (Fsp3) is 0.381. The standard InChI is InChI=1S/C21H27NO/c1-2-22-21(23)20(17-19-14-7-4-8-15-19)16-10-9-13-18-11-5-3-6-12-18/h3-8,11-12,14-15,20H,2,9-10,13,16-17H2,1H3,(H,22,23). The van der Waals surface area contributed by atoms with Gasteiger partial charge in [0.2, 0.25) is 5.91 Å². The molecule has 0 saturated heterocycles. The van der Waals surface area contributed by atoms with Gasteiger partial charge in [0.1, 0.15) is 0 Å². The Morgan fingerprint density at radius 2 is 1.52 bits per heavy atom. The van der Waals surface area contributed by atoms with Crippen molar-refractivity contribution in [3.8, 4) is 0 Å². The summed E-state index contributed by atoms with van der Waals surface area (Å²) in [5.74, 6) is 0.268. The summed E-state index contributed by atoms with van der Waals surface area (Å²) in [5.41, 5.74) is 2.62. The number of unbranched alkanes of at least 4 members (excludes halogenated alkanes) is 1. The highest BCUT2D eigenvalue weighted by Gasteiger charge is 2.17. The lowest BCUT2D eigenvalue weighted by Gasteiger charge is -2.16. The van der Waals surface area contributed by atoms with Crippen molar-refractivity contribution in [1.29, 1.82) is 0 Å². The Kier molecular flexibility index (Phi) is 7.38. The first-order chi connectivity index (χ1) is 11.3. The van der Waals surface area contributed by atoms with Crippen molar-refractivity contribution in [2.45, 2.75) is 39.0 Å². The summed E-state index contributed by atoms with van der Waals surface area (Å²) in [4.78, 5) is 12.3. The predicted octanol–water partition coefficient (Wildman–Crippen LogP) is 4.39. The second kappa shape index (κ2) is 9.83. The van der Waals surface area contributed by atoms with Crippen molar-refractivity contribution in [1.82, 2.24) is 5.32 Å². The van der Waals surface area contributed by atoms with Crippen LogP contribution in [0.3, 0.4) is 0 Å². The summed E-state index contributed by atoms with van der Waals surface area (Å²) in [5, 5.41) is 2.99. The second-order valence-electron chi connectivity index (χ2n) is 6.01. The van der Waals surface area contributed by atoms with Crippen LogP contribution in [0.5, 0.6) is 0 Å². The van der Waals surface area contributed by atoms with Gasteiger partial charge in [-0.3, -0.25) is 4.79 Å². The summed E-state index contributed by atoms with van der Waals surface area (Å²) in [6.45, 7) is 2.68. The van der Waals surface area contributed by atoms with E-state index in [9.17, 15) is 4.79 Å². The molecule has 1 N–H and O–H groups in total. The summed E-state index contributed by atoms with van der Waals surface area (Å²) in [6.07, 6.45) is 5.10. The Hall–Kier alpha value is -2.09. The van der Waals surface area contributed by atoms with E-state index in [2.05, 4.69) is 47.8 Å². The second-order valence-corrected chi connectivity index (χ2v) is 6.01. The lowest BCUT2D eigenvalue weighted by Crippen LogP contribution is -2.31. The molecule has 0 radical (unpaired) electrons. The van der Waals surface area contributed by atoms with E-state index in [1.54, 1.807) is 0 Å². The van der Waals surface area contributed by atoms with Crippen LogP contribution in [0.1, 0.15) is 37.3 Å². The molecular formula is C21H27NO. The zero-order valence-electron chi connectivity index (χ0n) is 14.0. The van der Waals surface area contributed by atoms with Crippen LogP contribution in [0.25, 0.3) is 0 Å². The largest absolute Gasteiger partial charge is 0.356 e. The number of carbonyl (C=O) groups excluding carboxylic acids is 1. The first kappa shape index (κ1) is 17.3. The molecule has 0 aliphatic carbocycles. The minimum Gasteiger partial charge on any atom is -0.356 e. The summed E-state index contributed by atoms with van der Waals surface area (Å²) in [6, 6.07) is 20.9. The molecule has 0 aliphatic rings. The van der Waals surface area contributed by atoms with E-state index in [-0.39, 0.29) is 11.8 Å². The van der Waals surface area contributed by atoms with Crippen LogP contribution in [-0.2, 0) is 17.6 Å². The molecule has 23 heavy (non-hydrogen) atoms. The highest BCUT2D eigenvalue weighted by molar-refractivity contribution is 5.78. The topological polar surface area (TPSA) is 29.1 Å². The maximum absolute atomic E-state index is 12.3. The maximum Gasteiger partial charge on any atom is 0.223 e. The van der Waals surface area contributed by atoms with Crippen molar-refractivity contribution >= 4 is 5.91 Å². The summed E-state index contributed by atoms with van der Waals surface area (Å²) in [7, 11) is 0. The van der Waals surface area contributed by atoms with E-state index in [0.717, 1.165) is 32.1 Å². The molecule has 0 bridgehead atoms. The predicted molar refractivity (Wildman–Crippen MR) is 96.3 cm³/mol. The maximum atomic E-state index is 12.3. The fourth-order valence-corrected chi connectivity index (χ4v) is 2.91. The average Bonchev–Trinajstić information content (AvgIpc) is 2.59. The molecule has 2 nitrogen and oxygen atoms in total. The quantitative estimate of drug-likeness (QED) is 0.684. The number of rotatable bonds is 9. The van der Waals surface area contributed by atoms with E-state index in [1.807, 2.05) is 25.1 Å². The molecule has 1 unspecified atom stereocenters. The number of carbonyl (C=O) groups is 1. The van der Waals surface area contributed by atoms with Crippen LogP contribution >= 0.6 is 0 Å². The molecule has 2 aromatic rings. The molecule has 0 aliphatic heterocycles. The number of nitrogens with one attached hydrogen (secondary N) is 1. The van der Waals surface area contributed by atoms with E-state index in [0.29, 0.717) is 6.54 Å². The highest BCUT2D eigenvalue weighted by atomic mass is 16.1. The fourth-order valence-electron chi connectivity index (χ4n) is 2.91. The molecule has 2 heteroatoms. The van der Waals surface area contributed by atoms with Crippen molar-refractivity contribution < 1.29 is 4.79 Å². The SMILES string of the molecule is CCNC(=O)C(CCCCc1ccccc1)Cc1ccccc1. The summed E-state index contributed by atoms with van der Waals surface area (Å²) >= 11 is 0. The molecule has 2 rings (SSSR count). The van der Waals surface area contributed by atoms with Crippen molar-refractivity contribution in [2.75, 3.05) is 6.54 Å². The number of hydrogen-bond acceptors (Lipinski definition) is 1. The van der Waals surface area contributed by atoms with Crippen LogP contribution in [-0.4, -0.2) is 12.5 Å². The Morgan fingerprint density at radius 1 is 0.913 bits per heavy atom. The molecule has 0 spiro atoms. The smallest absolute Gasteiger partial charge is 0.223 e. The van der Waals surface area contributed by atoms with E-state index < -0.39 is 0 Å².